The van der Waals surface area contributed by atoms with Gasteiger partial charge < -0.3 is 0 Å². The largest absolute Gasteiger partial charge is 0.234 e. The molecule has 1 unspecified atom stereocenters. The van der Waals surface area contributed by atoms with Crippen molar-refractivity contribution in [2.24, 2.45) is 10.3 Å². The fraction of sp³-hybridized carbons (Fsp3) is 0.900. The van der Waals surface area contributed by atoms with E-state index in [0.717, 1.165) is 12.1 Å². The van der Waals surface area contributed by atoms with Crippen molar-refractivity contribution < 1.29 is 4.21 Å². The van der Waals surface area contributed by atoms with Gasteiger partial charge in [-0.3, -0.25) is 0 Å². The van der Waals surface area contributed by atoms with Gasteiger partial charge in [0.25, 0.3) is 0 Å². The summed E-state index contributed by atoms with van der Waals surface area (Å²) in [6.45, 7) is 12.1. The summed E-state index contributed by atoms with van der Waals surface area (Å²) >= 11 is 0. The summed E-state index contributed by atoms with van der Waals surface area (Å²) in [5, 5.41) is 0. The van der Waals surface area contributed by atoms with E-state index >= 15 is 0 Å². The Kier molecular flexibility index (Phi) is 4.82. The van der Waals surface area contributed by atoms with Crippen LogP contribution in [0.25, 0.3) is 0 Å². The summed E-state index contributed by atoms with van der Waals surface area (Å²) in [6, 6.07) is 0. The summed E-state index contributed by atoms with van der Waals surface area (Å²) < 4.78 is 15.7. The first kappa shape index (κ1) is 12.8. The molecule has 0 N–H and O–H groups in total. The predicted octanol–water partition coefficient (Wildman–Crippen LogP) is 2.96. The third-order valence-electron chi connectivity index (χ3n) is 1.75. The fourth-order valence-corrected chi connectivity index (χ4v) is 1.65. The van der Waals surface area contributed by atoms with Gasteiger partial charge in [-0.25, -0.2) is 4.21 Å². The average Bonchev–Trinajstić information content (AvgIpc) is 1.96. The first-order valence-electron chi connectivity index (χ1n) is 4.78. The summed E-state index contributed by atoms with van der Waals surface area (Å²) in [6.07, 6.45) is 0.888. The van der Waals surface area contributed by atoms with Crippen LogP contribution in [0.4, 0.5) is 0 Å². The van der Waals surface area contributed by atoms with Crippen molar-refractivity contribution in [1.29, 1.82) is 0 Å². The lowest BCUT2D eigenvalue weighted by atomic mass is 10.1. The quantitative estimate of drug-likeness (QED) is 0.648. The number of rotatable bonds is 3. The maximum absolute atomic E-state index is 11.7. The zero-order valence-electron chi connectivity index (χ0n) is 9.55. The molecule has 3 heteroatoms. The van der Waals surface area contributed by atoms with E-state index in [1.807, 2.05) is 20.8 Å². The topological polar surface area (TPSA) is 29.4 Å². The van der Waals surface area contributed by atoms with E-state index in [4.69, 9.17) is 0 Å². The lowest BCUT2D eigenvalue weighted by Crippen LogP contribution is -2.21. The van der Waals surface area contributed by atoms with Crippen LogP contribution in [0.5, 0.6) is 0 Å². The molecule has 1 atom stereocenters. The Labute approximate surface area is 84.4 Å². The molecule has 13 heavy (non-hydrogen) atoms. The third-order valence-corrected chi connectivity index (χ3v) is 3.20. The highest BCUT2D eigenvalue weighted by molar-refractivity contribution is 7.85. The first-order valence-corrected chi connectivity index (χ1v) is 5.89. The van der Waals surface area contributed by atoms with Crippen LogP contribution in [0.2, 0.25) is 0 Å². The van der Waals surface area contributed by atoms with E-state index in [1.165, 1.54) is 0 Å². The van der Waals surface area contributed by atoms with Crippen molar-refractivity contribution in [2.45, 2.75) is 52.7 Å². The van der Waals surface area contributed by atoms with Crippen molar-refractivity contribution in [3.63, 3.8) is 0 Å². The molecule has 78 valence electrons. The predicted molar refractivity (Wildman–Crippen MR) is 60.5 cm³/mol. The smallest absolute Gasteiger partial charge is 0.144 e. The second kappa shape index (κ2) is 4.89. The summed E-state index contributed by atoms with van der Waals surface area (Å²) in [7, 11) is -1.10. The first-order chi connectivity index (χ1) is 5.79. The molecule has 0 heterocycles. The van der Waals surface area contributed by atoms with Gasteiger partial charge in [-0.1, -0.05) is 20.8 Å². The summed E-state index contributed by atoms with van der Waals surface area (Å²) in [5.74, 6) is 0.399. The monoisotopic (exact) mass is 203 g/mol. The molecule has 0 aromatic carbocycles. The molecule has 0 saturated heterocycles. The van der Waals surface area contributed by atoms with Crippen molar-refractivity contribution >= 4 is 16.7 Å². The van der Waals surface area contributed by atoms with Crippen molar-refractivity contribution in [3.8, 4) is 0 Å². The Morgan fingerprint density at radius 3 is 2.08 bits per heavy atom. The zero-order valence-corrected chi connectivity index (χ0v) is 10.4. The number of nitrogens with zero attached hydrogens (tertiary/aromatic N) is 1. The lowest BCUT2D eigenvalue weighted by molar-refractivity contribution is 0.650. The minimum absolute atomic E-state index is 0.241. The third kappa shape index (κ3) is 4.55. The second-order valence-corrected chi connectivity index (χ2v) is 6.36. The van der Waals surface area contributed by atoms with Crippen molar-refractivity contribution in [1.82, 2.24) is 0 Å². The molecular weight excluding hydrogens is 182 g/mol. The molecular formula is C10H21NOS. The van der Waals surface area contributed by atoms with Crippen LogP contribution >= 0.6 is 0 Å². The molecule has 0 aromatic rings. The fourth-order valence-electron chi connectivity index (χ4n) is 0.822. The summed E-state index contributed by atoms with van der Waals surface area (Å²) in [5.41, 5.74) is 1.05. The molecule has 0 fully saturated rings. The lowest BCUT2D eigenvalue weighted by Gasteiger charge is -2.15. The molecule has 0 amide bonds. The van der Waals surface area contributed by atoms with Gasteiger partial charge in [0.2, 0.25) is 0 Å². The molecule has 0 aliphatic heterocycles. The van der Waals surface area contributed by atoms with E-state index in [-0.39, 0.29) is 4.75 Å². The van der Waals surface area contributed by atoms with E-state index in [1.54, 1.807) is 0 Å². The van der Waals surface area contributed by atoms with Gasteiger partial charge in [0.15, 0.2) is 0 Å². The molecule has 0 spiro atoms. The molecule has 0 saturated carbocycles. The van der Waals surface area contributed by atoms with Gasteiger partial charge in [0, 0.05) is 5.71 Å². The number of hydrogen-bond donors (Lipinski definition) is 0. The maximum atomic E-state index is 11.7. The van der Waals surface area contributed by atoms with Gasteiger partial charge in [-0.2, -0.15) is 4.40 Å². The summed E-state index contributed by atoms with van der Waals surface area (Å²) in [4.78, 5) is 0. The van der Waals surface area contributed by atoms with Gasteiger partial charge in [-0.15, -0.1) is 0 Å². The maximum Gasteiger partial charge on any atom is 0.144 e. The molecule has 0 aliphatic rings. The molecule has 2 nitrogen and oxygen atoms in total. The van der Waals surface area contributed by atoms with Crippen molar-refractivity contribution in [3.05, 3.63) is 0 Å². The van der Waals surface area contributed by atoms with Crippen LogP contribution in [0, 0.1) is 5.92 Å². The zero-order chi connectivity index (χ0) is 10.6. The van der Waals surface area contributed by atoms with E-state index in [0.29, 0.717) is 5.92 Å². The SMILES string of the molecule is CC/C(=N\S(=O)C(C)(C)C)C(C)C. The highest BCUT2D eigenvalue weighted by Gasteiger charge is 2.19. The minimum atomic E-state index is -1.10. The molecule has 0 rings (SSSR count). The Morgan fingerprint density at radius 2 is 1.85 bits per heavy atom. The Hall–Kier alpha value is -0.180. The van der Waals surface area contributed by atoms with Crippen LogP contribution in [0.15, 0.2) is 4.40 Å². The molecule has 0 bridgehead atoms. The van der Waals surface area contributed by atoms with Gasteiger partial charge >= 0.3 is 0 Å². The minimum Gasteiger partial charge on any atom is -0.234 e. The van der Waals surface area contributed by atoms with Gasteiger partial charge in [0.05, 0.1) is 4.75 Å². The van der Waals surface area contributed by atoms with Crippen LogP contribution in [-0.4, -0.2) is 14.7 Å². The van der Waals surface area contributed by atoms with Crippen LogP contribution < -0.4 is 0 Å². The second-order valence-electron chi connectivity index (χ2n) is 4.45. The Balaban J connectivity index is 4.62. The van der Waals surface area contributed by atoms with Crippen molar-refractivity contribution in [2.75, 3.05) is 0 Å². The highest BCUT2D eigenvalue weighted by Crippen LogP contribution is 2.14. The molecule has 0 aromatic heterocycles. The standard InChI is InChI=1S/C10H21NOS/c1-7-9(8(2)3)11-13(12)10(4,5)6/h8H,7H2,1-6H3/b11-9+. The van der Waals surface area contributed by atoms with Gasteiger partial charge in [-0.05, 0) is 33.1 Å². The van der Waals surface area contributed by atoms with Crippen LogP contribution in [0.3, 0.4) is 0 Å². The van der Waals surface area contributed by atoms with E-state index in [2.05, 4.69) is 25.2 Å². The Bertz CT molecular complexity index is 213. The Morgan fingerprint density at radius 1 is 1.38 bits per heavy atom. The van der Waals surface area contributed by atoms with Crippen LogP contribution in [-0.2, 0) is 11.0 Å². The highest BCUT2D eigenvalue weighted by atomic mass is 32.2. The molecule has 0 radical (unpaired) electrons. The van der Waals surface area contributed by atoms with E-state index < -0.39 is 11.0 Å². The molecule has 0 aliphatic carbocycles. The van der Waals surface area contributed by atoms with E-state index in [9.17, 15) is 4.21 Å². The van der Waals surface area contributed by atoms with Gasteiger partial charge in [0.1, 0.15) is 11.0 Å². The average molecular weight is 203 g/mol. The normalized spacial score (nSPS) is 16.4. The number of hydrogen-bond acceptors (Lipinski definition) is 1. The van der Waals surface area contributed by atoms with Crippen LogP contribution in [0.1, 0.15) is 48.0 Å².